The Labute approximate surface area is 57.2 Å². The van der Waals surface area contributed by atoms with E-state index >= 15 is 0 Å². The smallest absolute Gasteiger partial charge is 0.358 e. The summed E-state index contributed by atoms with van der Waals surface area (Å²) in [7, 11) is 0.387. The first-order valence-corrected chi connectivity index (χ1v) is 3.44. The van der Waals surface area contributed by atoms with E-state index in [-0.39, 0.29) is 5.76 Å². The van der Waals surface area contributed by atoms with Gasteiger partial charge in [0.15, 0.2) is 5.76 Å². The molecule has 3 nitrogen and oxygen atoms in total. The fourth-order valence-electron chi connectivity index (χ4n) is 0.347. The van der Waals surface area contributed by atoms with E-state index in [0.29, 0.717) is 17.1 Å². The second-order valence-corrected chi connectivity index (χ2v) is 1.76. The third kappa shape index (κ3) is 2.92. The highest BCUT2D eigenvalue weighted by Crippen LogP contribution is 1.93. The summed E-state index contributed by atoms with van der Waals surface area (Å²) in [5.74, 6) is -0.365. The molecule has 0 bridgehead atoms. The van der Waals surface area contributed by atoms with Gasteiger partial charge in [-0.15, -0.1) is 0 Å². The Morgan fingerprint density at radius 1 is 1.78 bits per heavy atom. The molecule has 0 unspecified atom stereocenters. The van der Waals surface area contributed by atoms with Crippen molar-refractivity contribution in [1.82, 2.24) is 0 Å². The van der Waals surface area contributed by atoms with Gasteiger partial charge in [0.25, 0.3) is 0 Å². The average Bonchev–Trinajstić information content (AvgIpc) is 1.87. The molecule has 0 aromatic heterocycles. The highest BCUT2D eigenvalue weighted by Gasteiger charge is 2.03. The standard InChI is InChI=1S/C5H10O3Si/c1-3-7-4(2)5(6)8-9/h2-3H2,1,9H3. The Hall–Kier alpha value is -0.773. The van der Waals surface area contributed by atoms with Crippen LogP contribution >= 0.6 is 0 Å². The van der Waals surface area contributed by atoms with Gasteiger partial charge >= 0.3 is 5.97 Å². The highest BCUT2D eigenvalue weighted by atomic mass is 28.2. The Bertz CT molecular complexity index is 121. The molecule has 0 spiro atoms. The molecule has 0 amide bonds. The molecule has 0 saturated carbocycles. The van der Waals surface area contributed by atoms with Crippen LogP contribution in [0.1, 0.15) is 6.92 Å². The Balaban J connectivity index is 3.60. The van der Waals surface area contributed by atoms with Crippen LogP contribution in [0.5, 0.6) is 0 Å². The van der Waals surface area contributed by atoms with Crippen molar-refractivity contribution in [2.45, 2.75) is 6.92 Å². The van der Waals surface area contributed by atoms with Crippen molar-refractivity contribution >= 4 is 16.5 Å². The van der Waals surface area contributed by atoms with E-state index in [4.69, 9.17) is 4.74 Å². The van der Waals surface area contributed by atoms with Crippen molar-refractivity contribution in [2.24, 2.45) is 0 Å². The molecule has 0 aromatic rings. The van der Waals surface area contributed by atoms with Gasteiger partial charge in [-0.05, 0) is 13.5 Å². The first-order valence-electron chi connectivity index (χ1n) is 2.62. The fraction of sp³-hybridized carbons (Fsp3) is 0.400. The lowest BCUT2D eigenvalue weighted by Crippen LogP contribution is -2.07. The van der Waals surface area contributed by atoms with Gasteiger partial charge in [0, 0.05) is 0 Å². The molecule has 0 aromatic carbocycles. The fourth-order valence-corrected chi connectivity index (χ4v) is 0.575. The monoisotopic (exact) mass is 146 g/mol. The lowest BCUT2D eigenvalue weighted by atomic mass is 10.6. The van der Waals surface area contributed by atoms with Crippen LogP contribution in [0.15, 0.2) is 12.3 Å². The predicted octanol–water partition coefficient (Wildman–Crippen LogP) is -0.640. The number of rotatable bonds is 3. The lowest BCUT2D eigenvalue weighted by molar-refractivity contribution is -0.133. The van der Waals surface area contributed by atoms with Gasteiger partial charge in [0.2, 0.25) is 10.5 Å². The minimum atomic E-state index is -0.455. The zero-order valence-corrected chi connectivity index (χ0v) is 7.64. The summed E-state index contributed by atoms with van der Waals surface area (Å²) in [6, 6.07) is 0. The summed E-state index contributed by atoms with van der Waals surface area (Å²) in [6.07, 6.45) is 0. The van der Waals surface area contributed by atoms with Crippen LogP contribution in [-0.2, 0) is 14.0 Å². The molecule has 0 saturated heterocycles. The van der Waals surface area contributed by atoms with Crippen LogP contribution in [0.25, 0.3) is 0 Å². The van der Waals surface area contributed by atoms with E-state index < -0.39 is 5.97 Å². The number of ether oxygens (including phenoxy) is 1. The molecule has 0 N–H and O–H groups in total. The first kappa shape index (κ1) is 8.23. The van der Waals surface area contributed by atoms with Crippen LogP contribution < -0.4 is 0 Å². The van der Waals surface area contributed by atoms with Crippen molar-refractivity contribution < 1.29 is 14.0 Å². The molecule has 0 atom stereocenters. The Kier molecular flexibility index (Phi) is 3.78. The maximum Gasteiger partial charge on any atom is 0.358 e. The molecular weight excluding hydrogens is 136 g/mol. The van der Waals surface area contributed by atoms with Crippen molar-refractivity contribution in [3.63, 3.8) is 0 Å². The molecule has 0 rings (SSSR count). The maximum absolute atomic E-state index is 10.5. The van der Waals surface area contributed by atoms with E-state index in [0.717, 1.165) is 0 Å². The quantitative estimate of drug-likeness (QED) is 0.302. The minimum absolute atomic E-state index is 0.0903. The van der Waals surface area contributed by atoms with Crippen molar-refractivity contribution in [2.75, 3.05) is 6.61 Å². The van der Waals surface area contributed by atoms with Gasteiger partial charge in [-0.2, -0.15) is 0 Å². The molecule has 52 valence electrons. The Morgan fingerprint density at radius 2 is 2.33 bits per heavy atom. The molecule has 0 heterocycles. The van der Waals surface area contributed by atoms with E-state index in [2.05, 4.69) is 11.0 Å². The van der Waals surface area contributed by atoms with Crippen molar-refractivity contribution in [1.29, 1.82) is 0 Å². The van der Waals surface area contributed by atoms with Gasteiger partial charge in [0.05, 0.1) is 6.61 Å². The highest BCUT2D eigenvalue weighted by molar-refractivity contribution is 6.08. The SMILES string of the molecule is C=C(OCC)C(=O)O[SiH3]. The predicted molar refractivity (Wildman–Crippen MR) is 36.8 cm³/mol. The molecule has 0 aliphatic rings. The number of hydrogen-bond donors (Lipinski definition) is 0. The lowest BCUT2D eigenvalue weighted by Gasteiger charge is -2.02. The van der Waals surface area contributed by atoms with Crippen LogP contribution in [0.2, 0.25) is 0 Å². The zero-order valence-electron chi connectivity index (χ0n) is 5.64. The first-order chi connectivity index (χ1) is 4.22. The molecule has 9 heavy (non-hydrogen) atoms. The van der Waals surface area contributed by atoms with Gasteiger partial charge in [0.1, 0.15) is 0 Å². The minimum Gasteiger partial charge on any atom is -0.523 e. The summed E-state index contributed by atoms with van der Waals surface area (Å²) in [4.78, 5) is 10.5. The van der Waals surface area contributed by atoms with Crippen LogP contribution in [-0.4, -0.2) is 23.1 Å². The molecule has 0 aliphatic carbocycles. The topological polar surface area (TPSA) is 35.5 Å². The third-order valence-electron chi connectivity index (χ3n) is 0.732. The number of hydrogen-bond acceptors (Lipinski definition) is 3. The van der Waals surface area contributed by atoms with E-state index in [9.17, 15) is 4.79 Å². The summed E-state index contributed by atoms with van der Waals surface area (Å²) in [5, 5.41) is 0. The summed E-state index contributed by atoms with van der Waals surface area (Å²) in [5.41, 5.74) is 0. The maximum atomic E-state index is 10.5. The third-order valence-corrected chi connectivity index (χ3v) is 1.10. The molecule has 0 radical (unpaired) electrons. The van der Waals surface area contributed by atoms with Gasteiger partial charge in [-0.25, -0.2) is 4.79 Å². The van der Waals surface area contributed by atoms with Crippen LogP contribution in [0, 0.1) is 0 Å². The van der Waals surface area contributed by atoms with Gasteiger partial charge in [-0.3, -0.25) is 0 Å². The van der Waals surface area contributed by atoms with E-state index in [1.807, 2.05) is 0 Å². The second-order valence-electron chi connectivity index (χ2n) is 1.35. The van der Waals surface area contributed by atoms with Gasteiger partial charge < -0.3 is 9.16 Å². The second kappa shape index (κ2) is 4.14. The van der Waals surface area contributed by atoms with Crippen LogP contribution in [0.4, 0.5) is 0 Å². The van der Waals surface area contributed by atoms with Crippen molar-refractivity contribution in [3.05, 3.63) is 12.3 Å². The van der Waals surface area contributed by atoms with E-state index in [1.165, 1.54) is 0 Å². The molecular formula is C5H10O3Si. The summed E-state index contributed by atoms with van der Waals surface area (Å²) < 4.78 is 9.19. The molecule has 4 heteroatoms. The van der Waals surface area contributed by atoms with E-state index in [1.54, 1.807) is 6.92 Å². The average molecular weight is 146 g/mol. The zero-order chi connectivity index (χ0) is 7.28. The van der Waals surface area contributed by atoms with Crippen LogP contribution in [0.3, 0.4) is 0 Å². The molecule has 0 aliphatic heterocycles. The molecule has 0 fully saturated rings. The van der Waals surface area contributed by atoms with Gasteiger partial charge in [-0.1, -0.05) is 0 Å². The normalized spacial score (nSPS) is 8.56. The Morgan fingerprint density at radius 3 is 2.67 bits per heavy atom. The van der Waals surface area contributed by atoms with Crippen molar-refractivity contribution in [3.8, 4) is 0 Å². The number of carbonyl (C=O) groups excluding carboxylic acids is 1. The summed E-state index contributed by atoms with van der Waals surface area (Å²) in [6.45, 7) is 5.58. The number of carbonyl (C=O) groups is 1. The largest absolute Gasteiger partial charge is 0.523 e. The summed E-state index contributed by atoms with van der Waals surface area (Å²) >= 11 is 0.